The smallest absolute Gasteiger partial charge is 0.150 e. The highest BCUT2D eigenvalue weighted by Crippen LogP contribution is 2.28. The lowest BCUT2D eigenvalue weighted by atomic mass is 10.3. The molecule has 0 aliphatic heterocycles. The quantitative estimate of drug-likeness (QED) is 0.846. The van der Waals surface area contributed by atoms with Gasteiger partial charge >= 0.3 is 0 Å². The Kier molecular flexibility index (Phi) is 3.10. The largest absolute Gasteiger partial charge is 0.455 e. The van der Waals surface area contributed by atoms with Gasteiger partial charge in [-0.3, -0.25) is 0 Å². The number of nitrogen functional groups attached to an aromatic ring is 1. The van der Waals surface area contributed by atoms with Crippen LogP contribution in [0.1, 0.15) is 0 Å². The summed E-state index contributed by atoms with van der Waals surface area (Å²) >= 11 is 3.33. The molecule has 0 aliphatic carbocycles. The first-order chi connectivity index (χ1) is 7.65. The minimum atomic E-state index is -0.374. The number of benzene rings is 2. The molecule has 2 nitrogen and oxygen atoms in total. The van der Waals surface area contributed by atoms with Crippen LogP contribution in [0.5, 0.6) is 11.5 Å². The van der Waals surface area contributed by atoms with E-state index in [-0.39, 0.29) is 11.5 Å². The molecule has 0 unspecified atom stereocenters. The fourth-order valence-electron chi connectivity index (χ4n) is 1.24. The molecule has 0 bridgehead atoms. The van der Waals surface area contributed by atoms with Gasteiger partial charge in [-0.25, -0.2) is 4.39 Å². The molecule has 0 heterocycles. The zero-order valence-electron chi connectivity index (χ0n) is 8.28. The number of hydrogen-bond donors (Lipinski definition) is 1. The molecule has 2 aromatic carbocycles. The lowest BCUT2D eigenvalue weighted by Crippen LogP contribution is -1.92. The molecule has 0 atom stereocenters. The van der Waals surface area contributed by atoms with Crippen molar-refractivity contribution in [3.63, 3.8) is 0 Å². The molecule has 2 rings (SSSR count). The Morgan fingerprint density at radius 2 is 1.75 bits per heavy atom. The predicted octanol–water partition coefficient (Wildman–Crippen LogP) is 3.96. The van der Waals surface area contributed by atoms with Crippen LogP contribution in [0.15, 0.2) is 46.9 Å². The van der Waals surface area contributed by atoms with E-state index in [1.807, 2.05) is 12.1 Å². The summed E-state index contributed by atoms with van der Waals surface area (Å²) in [5, 5.41) is 0. The molecule has 2 aromatic rings. The summed E-state index contributed by atoms with van der Waals surface area (Å²) in [6.45, 7) is 0. The fraction of sp³-hybridized carbons (Fsp3) is 0. The van der Waals surface area contributed by atoms with Gasteiger partial charge in [-0.15, -0.1) is 0 Å². The summed E-state index contributed by atoms with van der Waals surface area (Å²) in [5.41, 5.74) is 5.91. The Morgan fingerprint density at radius 1 is 1.06 bits per heavy atom. The van der Waals surface area contributed by atoms with E-state index < -0.39 is 0 Å². The molecule has 4 heteroatoms. The zero-order chi connectivity index (χ0) is 11.5. The van der Waals surface area contributed by atoms with E-state index in [0.29, 0.717) is 11.5 Å². The normalized spacial score (nSPS) is 10.1. The van der Waals surface area contributed by atoms with Gasteiger partial charge in [0, 0.05) is 10.5 Å². The second-order valence-electron chi connectivity index (χ2n) is 3.24. The molecule has 0 fully saturated rings. The van der Waals surface area contributed by atoms with Gasteiger partial charge in [0.2, 0.25) is 0 Å². The van der Waals surface area contributed by atoms with Crippen molar-refractivity contribution >= 4 is 21.6 Å². The highest BCUT2D eigenvalue weighted by Gasteiger charge is 2.03. The van der Waals surface area contributed by atoms with Crippen LogP contribution in [0.2, 0.25) is 0 Å². The average molecular weight is 282 g/mol. The van der Waals surface area contributed by atoms with Crippen molar-refractivity contribution in [2.45, 2.75) is 0 Å². The third kappa shape index (κ3) is 2.52. The van der Waals surface area contributed by atoms with E-state index in [0.717, 1.165) is 4.47 Å². The van der Waals surface area contributed by atoms with Crippen LogP contribution in [-0.2, 0) is 0 Å². The van der Waals surface area contributed by atoms with Crippen LogP contribution in [0.3, 0.4) is 0 Å². The van der Waals surface area contributed by atoms with Gasteiger partial charge in [0.1, 0.15) is 11.6 Å². The minimum absolute atomic E-state index is 0.280. The number of ether oxygens (including phenoxy) is 1. The summed E-state index contributed by atoms with van der Waals surface area (Å²) < 4.78 is 19.3. The van der Waals surface area contributed by atoms with E-state index in [9.17, 15) is 4.39 Å². The van der Waals surface area contributed by atoms with Crippen LogP contribution < -0.4 is 10.5 Å². The molecule has 82 valence electrons. The Hall–Kier alpha value is -1.55. The monoisotopic (exact) mass is 281 g/mol. The first-order valence-corrected chi connectivity index (χ1v) is 5.43. The zero-order valence-corrected chi connectivity index (χ0v) is 9.87. The van der Waals surface area contributed by atoms with E-state index in [4.69, 9.17) is 10.5 Å². The number of rotatable bonds is 2. The maximum absolute atomic E-state index is 12.8. The Bertz CT molecular complexity index is 499. The first kappa shape index (κ1) is 11.0. The summed E-state index contributed by atoms with van der Waals surface area (Å²) in [6, 6.07) is 11.4. The van der Waals surface area contributed by atoms with Crippen LogP contribution in [-0.4, -0.2) is 0 Å². The molecular weight excluding hydrogens is 273 g/mol. The molecule has 2 N–H and O–H groups in total. The van der Waals surface area contributed by atoms with E-state index in [2.05, 4.69) is 15.9 Å². The van der Waals surface area contributed by atoms with E-state index >= 15 is 0 Å². The number of hydrogen-bond acceptors (Lipinski definition) is 2. The molecule has 16 heavy (non-hydrogen) atoms. The summed E-state index contributed by atoms with van der Waals surface area (Å²) in [5.74, 6) is 0.728. The Labute approximate surface area is 101 Å². The third-order valence-corrected chi connectivity index (χ3v) is 2.54. The van der Waals surface area contributed by atoms with E-state index in [1.165, 1.54) is 18.2 Å². The maximum atomic E-state index is 12.8. The Morgan fingerprint density at radius 3 is 2.38 bits per heavy atom. The van der Waals surface area contributed by atoms with Gasteiger partial charge in [0.05, 0.1) is 5.69 Å². The molecule has 0 aromatic heterocycles. The summed E-state index contributed by atoms with van der Waals surface area (Å²) in [6.07, 6.45) is 0. The fourth-order valence-corrected chi connectivity index (χ4v) is 1.51. The average Bonchev–Trinajstić information content (AvgIpc) is 2.25. The van der Waals surface area contributed by atoms with Crippen LogP contribution in [0.4, 0.5) is 10.1 Å². The molecule has 0 saturated heterocycles. The Balaban J connectivity index is 2.23. The third-order valence-electron chi connectivity index (χ3n) is 2.01. The van der Waals surface area contributed by atoms with E-state index in [1.54, 1.807) is 12.1 Å². The standard InChI is InChI=1S/C12H9BrFNO/c13-8-1-4-10(5-2-8)16-12-6-3-9(14)7-11(12)15/h1-7H,15H2. The topological polar surface area (TPSA) is 35.2 Å². The predicted molar refractivity (Wildman–Crippen MR) is 65.0 cm³/mol. The van der Waals surface area contributed by atoms with Gasteiger partial charge in [-0.1, -0.05) is 15.9 Å². The van der Waals surface area contributed by atoms with Gasteiger partial charge < -0.3 is 10.5 Å². The SMILES string of the molecule is Nc1cc(F)ccc1Oc1ccc(Br)cc1. The number of nitrogens with two attached hydrogens (primary N) is 1. The summed E-state index contributed by atoms with van der Waals surface area (Å²) in [7, 11) is 0. The minimum Gasteiger partial charge on any atom is -0.455 e. The highest BCUT2D eigenvalue weighted by molar-refractivity contribution is 9.10. The number of halogens is 2. The second-order valence-corrected chi connectivity index (χ2v) is 4.15. The van der Waals surface area contributed by atoms with Crippen molar-refractivity contribution in [3.05, 3.63) is 52.8 Å². The van der Waals surface area contributed by atoms with Crippen LogP contribution in [0.25, 0.3) is 0 Å². The van der Waals surface area contributed by atoms with Crippen molar-refractivity contribution in [3.8, 4) is 11.5 Å². The molecule has 0 radical (unpaired) electrons. The lowest BCUT2D eigenvalue weighted by Gasteiger charge is -2.08. The van der Waals surface area contributed by atoms with Crippen molar-refractivity contribution in [1.29, 1.82) is 0 Å². The summed E-state index contributed by atoms with van der Waals surface area (Å²) in [4.78, 5) is 0. The van der Waals surface area contributed by atoms with Crippen molar-refractivity contribution in [1.82, 2.24) is 0 Å². The molecular formula is C12H9BrFNO. The van der Waals surface area contributed by atoms with Gasteiger partial charge in [-0.05, 0) is 36.4 Å². The molecule has 0 amide bonds. The van der Waals surface area contributed by atoms with Crippen molar-refractivity contribution in [2.24, 2.45) is 0 Å². The van der Waals surface area contributed by atoms with Crippen LogP contribution in [0, 0.1) is 5.82 Å². The van der Waals surface area contributed by atoms with Gasteiger partial charge in [0.25, 0.3) is 0 Å². The maximum Gasteiger partial charge on any atom is 0.150 e. The van der Waals surface area contributed by atoms with Crippen molar-refractivity contribution < 1.29 is 9.13 Å². The molecule has 0 saturated carbocycles. The first-order valence-electron chi connectivity index (χ1n) is 4.63. The van der Waals surface area contributed by atoms with Crippen molar-refractivity contribution in [2.75, 3.05) is 5.73 Å². The van der Waals surface area contributed by atoms with Crippen LogP contribution >= 0.6 is 15.9 Å². The highest BCUT2D eigenvalue weighted by atomic mass is 79.9. The lowest BCUT2D eigenvalue weighted by molar-refractivity contribution is 0.483. The van der Waals surface area contributed by atoms with Gasteiger partial charge in [0.15, 0.2) is 5.75 Å². The van der Waals surface area contributed by atoms with Gasteiger partial charge in [-0.2, -0.15) is 0 Å². The molecule has 0 aliphatic rings. The second kappa shape index (κ2) is 4.53. The molecule has 0 spiro atoms. The number of anilines is 1.